The maximum atomic E-state index is 12.2. The number of pyridine rings is 1. The summed E-state index contributed by atoms with van der Waals surface area (Å²) in [4.78, 5) is 15.0. The van der Waals surface area contributed by atoms with E-state index in [0.29, 0.717) is 25.1 Å². The number of carboxylic acids is 1. The second-order valence-corrected chi connectivity index (χ2v) is 6.50. The van der Waals surface area contributed by atoms with E-state index in [2.05, 4.69) is 9.71 Å². The van der Waals surface area contributed by atoms with Crippen LogP contribution in [0.1, 0.15) is 18.5 Å². The summed E-state index contributed by atoms with van der Waals surface area (Å²) in [5, 5.41) is 8.99. The van der Waals surface area contributed by atoms with Gasteiger partial charge in [0.1, 0.15) is 0 Å². The maximum absolute atomic E-state index is 12.2. The van der Waals surface area contributed by atoms with Crippen LogP contribution in [0, 0.1) is 12.8 Å². The Morgan fingerprint density at radius 2 is 2.25 bits per heavy atom. The Morgan fingerprint density at radius 1 is 1.50 bits per heavy atom. The molecule has 0 amide bonds. The Morgan fingerprint density at radius 3 is 2.85 bits per heavy atom. The molecule has 1 saturated heterocycles. The van der Waals surface area contributed by atoms with Gasteiger partial charge in [-0.3, -0.25) is 14.5 Å². The Bertz CT molecular complexity index is 585. The molecule has 0 aromatic carbocycles. The van der Waals surface area contributed by atoms with Crippen LogP contribution in [-0.4, -0.2) is 41.9 Å². The van der Waals surface area contributed by atoms with Crippen molar-refractivity contribution in [1.82, 2.24) is 9.29 Å². The molecule has 1 aromatic heterocycles. The number of rotatable bonds is 4. The van der Waals surface area contributed by atoms with Crippen molar-refractivity contribution in [3.8, 4) is 0 Å². The van der Waals surface area contributed by atoms with Crippen LogP contribution in [0.2, 0.25) is 0 Å². The predicted octanol–water partition coefficient (Wildman–Crippen LogP) is 0.843. The molecule has 7 nitrogen and oxygen atoms in total. The van der Waals surface area contributed by atoms with E-state index >= 15 is 0 Å². The first-order valence-corrected chi connectivity index (χ1v) is 7.76. The highest BCUT2D eigenvalue weighted by Gasteiger charge is 2.32. The molecule has 2 rings (SSSR count). The van der Waals surface area contributed by atoms with Crippen LogP contribution in [0.5, 0.6) is 0 Å². The number of carboxylic acid groups (broad SMARTS) is 1. The number of anilines is 1. The number of nitrogens with zero attached hydrogens (tertiary/aromatic N) is 2. The molecule has 1 fully saturated rings. The summed E-state index contributed by atoms with van der Waals surface area (Å²) in [5.74, 6) is -1.60. The van der Waals surface area contributed by atoms with Crippen LogP contribution in [0.25, 0.3) is 0 Å². The smallest absolute Gasteiger partial charge is 0.307 e. The van der Waals surface area contributed by atoms with Gasteiger partial charge in [0.2, 0.25) is 0 Å². The van der Waals surface area contributed by atoms with Gasteiger partial charge in [-0.2, -0.15) is 12.7 Å². The van der Waals surface area contributed by atoms with Crippen molar-refractivity contribution in [2.45, 2.75) is 19.8 Å². The first-order chi connectivity index (χ1) is 9.38. The Labute approximate surface area is 117 Å². The zero-order valence-corrected chi connectivity index (χ0v) is 11.9. The summed E-state index contributed by atoms with van der Waals surface area (Å²) in [6.45, 7) is 2.14. The van der Waals surface area contributed by atoms with E-state index in [0.717, 1.165) is 5.69 Å². The van der Waals surface area contributed by atoms with Gasteiger partial charge in [0.15, 0.2) is 0 Å². The molecule has 8 heteroatoms. The van der Waals surface area contributed by atoms with Crippen LogP contribution < -0.4 is 4.72 Å². The highest BCUT2D eigenvalue weighted by atomic mass is 32.2. The van der Waals surface area contributed by atoms with Crippen molar-refractivity contribution in [3.63, 3.8) is 0 Å². The Hall–Kier alpha value is -1.67. The molecule has 1 atom stereocenters. The van der Waals surface area contributed by atoms with Gasteiger partial charge in [0.05, 0.1) is 17.8 Å². The third-order valence-corrected chi connectivity index (χ3v) is 4.74. The molecule has 0 bridgehead atoms. The fourth-order valence-electron chi connectivity index (χ4n) is 2.10. The molecule has 1 unspecified atom stereocenters. The topological polar surface area (TPSA) is 99.6 Å². The normalized spacial score (nSPS) is 20.6. The molecular formula is C12H17N3O4S. The fraction of sp³-hybridized carbons (Fsp3) is 0.500. The van der Waals surface area contributed by atoms with Crippen LogP contribution in [0.4, 0.5) is 5.69 Å². The van der Waals surface area contributed by atoms with Gasteiger partial charge >= 0.3 is 16.2 Å². The van der Waals surface area contributed by atoms with Gasteiger partial charge in [0.25, 0.3) is 0 Å². The summed E-state index contributed by atoms with van der Waals surface area (Å²) in [6, 6.07) is 3.33. The highest BCUT2D eigenvalue weighted by Crippen LogP contribution is 2.20. The molecule has 1 aliphatic rings. The quantitative estimate of drug-likeness (QED) is 0.858. The van der Waals surface area contributed by atoms with Crippen molar-refractivity contribution in [3.05, 3.63) is 24.0 Å². The van der Waals surface area contributed by atoms with Crippen LogP contribution >= 0.6 is 0 Å². The monoisotopic (exact) mass is 299 g/mol. The summed E-state index contributed by atoms with van der Waals surface area (Å²) in [5.41, 5.74) is 1.16. The number of aliphatic carboxylic acids is 1. The van der Waals surface area contributed by atoms with Crippen LogP contribution in [0.15, 0.2) is 18.3 Å². The third kappa shape index (κ3) is 3.45. The molecule has 0 spiro atoms. The third-order valence-electron chi connectivity index (χ3n) is 3.23. The number of hydrogen-bond acceptors (Lipinski definition) is 4. The van der Waals surface area contributed by atoms with Gasteiger partial charge in [0, 0.05) is 18.8 Å². The van der Waals surface area contributed by atoms with E-state index in [1.54, 1.807) is 19.1 Å². The number of aromatic nitrogens is 1. The van der Waals surface area contributed by atoms with Crippen molar-refractivity contribution in [1.29, 1.82) is 0 Å². The van der Waals surface area contributed by atoms with E-state index in [1.807, 2.05) is 0 Å². The van der Waals surface area contributed by atoms with E-state index in [-0.39, 0.29) is 6.54 Å². The van der Waals surface area contributed by atoms with E-state index in [1.165, 1.54) is 10.5 Å². The SMILES string of the molecule is Cc1ccc(NS(=O)(=O)N2CCCC(C(=O)O)C2)cn1. The molecule has 20 heavy (non-hydrogen) atoms. The number of hydrogen-bond donors (Lipinski definition) is 2. The molecule has 2 heterocycles. The first-order valence-electron chi connectivity index (χ1n) is 6.32. The molecule has 2 N–H and O–H groups in total. The minimum Gasteiger partial charge on any atom is -0.481 e. The van der Waals surface area contributed by atoms with E-state index in [4.69, 9.17) is 5.11 Å². The summed E-state index contributed by atoms with van der Waals surface area (Å²) in [6.07, 6.45) is 2.49. The van der Waals surface area contributed by atoms with Crippen molar-refractivity contribution >= 4 is 21.9 Å². The van der Waals surface area contributed by atoms with Gasteiger partial charge in [-0.05, 0) is 31.9 Å². The molecule has 1 aliphatic heterocycles. The molecule has 0 radical (unpaired) electrons. The lowest BCUT2D eigenvalue weighted by molar-refractivity contribution is -0.142. The summed E-state index contributed by atoms with van der Waals surface area (Å²) < 4.78 is 28.0. The van der Waals surface area contributed by atoms with Crippen molar-refractivity contribution in [2.24, 2.45) is 5.92 Å². The number of carbonyl (C=O) groups is 1. The van der Waals surface area contributed by atoms with Crippen molar-refractivity contribution < 1.29 is 18.3 Å². The summed E-state index contributed by atoms with van der Waals surface area (Å²) in [7, 11) is -3.74. The van der Waals surface area contributed by atoms with Gasteiger partial charge in [-0.25, -0.2) is 0 Å². The van der Waals surface area contributed by atoms with Crippen LogP contribution in [0.3, 0.4) is 0 Å². The minimum absolute atomic E-state index is 0.00393. The molecule has 0 aliphatic carbocycles. The maximum Gasteiger partial charge on any atom is 0.307 e. The van der Waals surface area contributed by atoms with Gasteiger partial charge < -0.3 is 5.11 Å². The molecule has 0 saturated carbocycles. The largest absolute Gasteiger partial charge is 0.481 e. The fourth-order valence-corrected chi connectivity index (χ4v) is 3.40. The molecule has 110 valence electrons. The minimum atomic E-state index is -3.74. The van der Waals surface area contributed by atoms with Gasteiger partial charge in [-0.15, -0.1) is 0 Å². The number of aryl methyl sites for hydroxylation is 1. The zero-order valence-electron chi connectivity index (χ0n) is 11.1. The Kier molecular flexibility index (Phi) is 4.24. The number of nitrogens with one attached hydrogen (secondary N) is 1. The molecular weight excluding hydrogens is 282 g/mol. The first kappa shape index (κ1) is 14.7. The number of piperidine rings is 1. The lowest BCUT2D eigenvalue weighted by Crippen LogP contribution is -2.44. The molecule has 1 aromatic rings. The van der Waals surface area contributed by atoms with Gasteiger partial charge in [-0.1, -0.05) is 0 Å². The zero-order chi connectivity index (χ0) is 14.8. The average Bonchev–Trinajstić information content (AvgIpc) is 2.41. The lowest BCUT2D eigenvalue weighted by Gasteiger charge is -2.29. The van der Waals surface area contributed by atoms with E-state index < -0.39 is 22.1 Å². The average molecular weight is 299 g/mol. The highest BCUT2D eigenvalue weighted by molar-refractivity contribution is 7.90. The standard InChI is InChI=1S/C12H17N3O4S/c1-9-4-5-11(7-13-9)14-20(18,19)15-6-2-3-10(8-15)12(16)17/h4-5,7,10,14H,2-3,6,8H2,1H3,(H,16,17). The second kappa shape index (κ2) is 5.76. The lowest BCUT2D eigenvalue weighted by atomic mass is 10.0. The van der Waals surface area contributed by atoms with E-state index in [9.17, 15) is 13.2 Å². The van der Waals surface area contributed by atoms with Crippen LogP contribution in [-0.2, 0) is 15.0 Å². The van der Waals surface area contributed by atoms with Crippen molar-refractivity contribution in [2.75, 3.05) is 17.8 Å². The summed E-state index contributed by atoms with van der Waals surface area (Å²) >= 11 is 0. The predicted molar refractivity (Wildman–Crippen MR) is 73.4 cm³/mol. The second-order valence-electron chi connectivity index (χ2n) is 4.83. The Balaban J connectivity index is 2.09.